The molecule has 1 atom stereocenters. The molecule has 0 aliphatic heterocycles. The fourth-order valence-corrected chi connectivity index (χ4v) is 2.06. The summed E-state index contributed by atoms with van der Waals surface area (Å²) >= 11 is 5.84. The van der Waals surface area contributed by atoms with Gasteiger partial charge in [-0.1, -0.05) is 23.7 Å². The maximum absolute atomic E-state index is 12.8. The second-order valence-corrected chi connectivity index (χ2v) is 5.27. The van der Waals surface area contributed by atoms with Crippen molar-refractivity contribution < 1.29 is 14.5 Å². The van der Waals surface area contributed by atoms with Gasteiger partial charge in [-0.25, -0.2) is 4.39 Å². The van der Waals surface area contributed by atoms with Gasteiger partial charge in [0.05, 0.1) is 0 Å². The average Bonchev–Trinajstić information content (AvgIpc) is 2.48. The van der Waals surface area contributed by atoms with Gasteiger partial charge in [0, 0.05) is 16.3 Å². The van der Waals surface area contributed by atoms with Crippen LogP contribution in [0.25, 0.3) is 0 Å². The molecule has 0 unspecified atom stereocenters. The molecule has 0 fully saturated rings. The van der Waals surface area contributed by atoms with Gasteiger partial charge in [0.2, 0.25) is 0 Å². The quantitative estimate of drug-likeness (QED) is 0.876. The van der Waals surface area contributed by atoms with Crippen molar-refractivity contribution in [2.24, 2.45) is 0 Å². The fourth-order valence-electron chi connectivity index (χ4n) is 1.93. The van der Waals surface area contributed by atoms with Crippen molar-refractivity contribution in [3.8, 4) is 0 Å². The van der Waals surface area contributed by atoms with E-state index in [0.29, 0.717) is 17.3 Å². The highest BCUT2D eigenvalue weighted by molar-refractivity contribution is 6.30. The molecular formula is C16H17ClFN2O+. The minimum Gasteiger partial charge on any atom is -0.333 e. The largest absolute Gasteiger partial charge is 0.333 e. The summed E-state index contributed by atoms with van der Waals surface area (Å²) in [5.41, 5.74) is 1.70. The van der Waals surface area contributed by atoms with Crippen molar-refractivity contribution in [2.75, 3.05) is 11.9 Å². The maximum atomic E-state index is 12.8. The summed E-state index contributed by atoms with van der Waals surface area (Å²) in [6, 6.07) is 13.4. The number of halogens is 2. The summed E-state index contributed by atoms with van der Waals surface area (Å²) in [5.74, 6) is -0.446. The lowest BCUT2D eigenvalue weighted by Crippen LogP contribution is -2.86. The standard InChI is InChI=1S/C16H16ClFN2O/c1-11(12-2-4-13(17)5-3-12)19-10-16(21)20-15-8-6-14(18)7-9-15/h2-9,11,19H,10H2,1H3,(H,20,21)/p+1/t11-/m1/s1. The molecule has 21 heavy (non-hydrogen) atoms. The third-order valence-corrected chi connectivity index (χ3v) is 3.43. The van der Waals surface area contributed by atoms with Crippen LogP contribution >= 0.6 is 11.6 Å². The van der Waals surface area contributed by atoms with Crippen molar-refractivity contribution in [1.29, 1.82) is 0 Å². The van der Waals surface area contributed by atoms with Crippen molar-refractivity contribution in [1.82, 2.24) is 0 Å². The Bertz CT molecular complexity index is 599. The van der Waals surface area contributed by atoms with Crippen LogP contribution in [0.1, 0.15) is 18.5 Å². The summed E-state index contributed by atoms with van der Waals surface area (Å²) in [4.78, 5) is 11.8. The number of anilines is 1. The first-order valence-corrected chi connectivity index (χ1v) is 7.06. The van der Waals surface area contributed by atoms with E-state index in [2.05, 4.69) is 5.32 Å². The molecule has 110 valence electrons. The fraction of sp³-hybridized carbons (Fsp3) is 0.188. The molecule has 0 saturated carbocycles. The Kier molecular flexibility index (Phi) is 5.31. The molecule has 0 bridgehead atoms. The van der Waals surface area contributed by atoms with Crippen molar-refractivity contribution in [2.45, 2.75) is 13.0 Å². The van der Waals surface area contributed by atoms with Gasteiger partial charge in [-0.2, -0.15) is 0 Å². The van der Waals surface area contributed by atoms with E-state index in [4.69, 9.17) is 11.6 Å². The van der Waals surface area contributed by atoms with Crippen molar-refractivity contribution >= 4 is 23.2 Å². The lowest BCUT2D eigenvalue weighted by atomic mass is 10.1. The predicted octanol–water partition coefficient (Wildman–Crippen LogP) is 2.74. The number of benzene rings is 2. The molecule has 5 heteroatoms. The van der Waals surface area contributed by atoms with Gasteiger partial charge < -0.3 is 10.6 Å². The normalized spacial score (nSPS) is 12.0. The number of hydrogen-bond acceptors (Lipinski definition) is 1. The number of nitrogens with two attached hydrogens (primary N) is 1. The van der Waals surface area contributed by atoms with Gasteiger partial charge in [0.15, 0.2) is 6.54 Å². The van der Waals surface area contributed by atoms with Crippen LogP contribution in [0, 0.1) is 5.82 Å². The van der Waals surface area contributed by atoms with Gasteiger partial charge in [0.1, 0.15) is 11.9 Å². The van der Waals surface area contributed by atoms with Gasteiger partial charge >= 0.3 is 0 Å². The second-order valence-electron chi connectivity index (χ2n) is 4.84. The summed E-state index contributed by atoms with van der Waals surface area (Å²) in [7, 11) is 0. The van der Waals surface area contributed by atoms with Crippen LogP contribution in [0.3, 0.4) is 0 Å². The number of amides is 1. The van der Waals surface area contributed by atoms with Crippen molar-refractivity contribution in [3.63, 3.8) is 0 Å². The molecular weight excluding hydrogens is 291 g/mol. The SMILES string of the molecule is C[C@@H]([NH2+]CC(=O)Nc1ccc(F)cc1)c1ccc(Cl)cc1. The van der Waals surface area contributed by atoms with E-state index in [1.807, 2.05) is 36.5 Å². The molecule has 0 aromatic heterocycles. The predicted molar refractivity (Wildman–Crippen MR) is 81.7 cm³/mol. The number of nitrogens with one attached hydrogen (secondary N) is 1. The van der Waals surface area contributed by atoms with E-state index in [1.54, 1.807) is 0 Å². The minimum absolute atomic E-state index is 0.123. The maximum Gasteiger partial charge on any atom is 0.279 e. The number of carbonyl (C=O) groups excluding carboxylic acids is 1. The van der Waals surface area contributed by atoms with E-state index in [9.17, 15) is 9.18 Å². The number of hydrogen-bond donors (Lipinski definition) is 2. The third-order valence-electron chi connectivity index (χ3n) is 3.18. The van der Waals surface area contributed by atoms with Crippen LogP contribution in [0.15, 0.2) is 48.5 Å². The Labute approximate surface area is 128 Å². The zero-order valence-corrected chi connectivity index (χ0v) is 12.4. The van der Waals surface area contributed by atoms with Crippen LogP contribution in [-0.2, 0) is 4.79 Å². The number of quaternary nitrogens is 1. The molecule has 3 N–H and O–H groups in total. The van der Waals surface area contributed by atoms with Crippen LogP contribution in [0.2, 0.25) is 5.02 Å². The third kappa shape index (κ3) is 4.85. The Morgan fingerprint density at radius 3 is 2.43 bits per heavy atom. The van der Waals surface area contributed by atoms with E-state index < -0.39 is 0 Å². The van der Waals surface area contributed by atoms with Gasteiger partial charge in [-0.3, -0.25) is 4.79 Å². The molecule has 0 heterocycles. The topological polar surface area (TPSA) is 45.7 Å². The van der Waals surface area contributed by atoms with Crippen LogP contribution in [0.4, 0.5) is 10.1 Å². The highest BCUT2D eigenvalue weighted by atomic mass is 35.5. The van der Waals surface area contributed by atoms with Gasteiger partial charge in [-0.15, -0.1) is 0 Å². The lowest BCUT2D eigenvalue weighted by molar-refractivity contribution is -0.682. The molecule has 0 radical (unpaired) electrons. The highest BCUT2D eigenvalue weighted by Gasteiger charge is 2.11. The summed E-state index contributed by atoms with van der Waals surface area (Å²) in [6.45, 7) is 2.32. The Morgan fingerprint density at radius 1 is 1.19 bits per heavy atom. The first kappa shape index (κ1) is 15.5. The second kappa shape index (κ2) is 7.20. The monoisotopic (exact) mass is 307 g/mol. The van der Waals surface area contributed by atoms with E-state index in [1.165, 1.54) is 24.3 Å². The number of rotatable bonds is 5. The molecule has 0 aliphatic rings. The molecule has 2 rings (SSSR count). The molecule has 0 spiro atoms. The molecule has 1 amide bonds. The summed E-state index contributed by atoms with van der Waals surface area (Å²) in [6.07, 6.45) is 0. The minimum atomic E-state index is -0.323. The summed E-state index contributed by atoms with van der Waals surface area (Å²) < 4.78 is 12.8. The first-order chi connectivity index (χ1) is 10.0. The Balaban J connectivity index is 1.83. The van der Waals surface area contributed by atoms with Crippen LogP contribution in [0.5, 0.6) is 0 Å². The molecule has 0 aliphatic carbocycles. The average molecular weight is 308 g/mol. The molecule has 2 aromatic carbocycles. The van der Waals surface area contributed by atoms with Crippen LogP contribution < -0.4 is 10.6 Å². The van der Waals surface area contributed by atoms with E-state index >= 15 is 0 Å². The van der Waals surface area contributed by atoms with Gasteiger partial charge in [-0.05, 0) is 43.3 Å². The Hall–Kier alpha value is -1.91. The van der Waals surface area contributed by atoms with Gasteiger partial charge in [0.25, 0.3) is 5.91 Å². The number of carbonyl (C=O) groups is 1. The zero-order chi connectivity index (χ0) is 15.2. The van der Waals surface area contributed by atoms with E-state index in [-0.39, 0.29) is 17.8 Å². The molecule has 2 aromatic rings. The Morgan fingerprint density at radius 2 is 1.81 bits per heavy atom. The first-order valence-electron chi connectivity index (χ1n) is 6.69. The molecule has 3 nitrogen and oxygen atoms in total. The van der Waals surface area contributed by atoms with Crippen LogP contribution in [-0.4, -0.2) is 12.5 Å². The van der Waals surface area contributed by atoms with Crippen molar-refractivity contribution in [3.05, 3.63) is 64.9 Å². The summed E-state index contributed by atoms with van der Waals surface area (Å²) in [5, 5.41) is 5.35. The lowest BCUT2D eigenvalue weighted by Gasteiger charge is -2.11. The smallest absolute Gasteiger partial charge is 0.279 e. The van der Waals surface area contributed by atoms with E-state index in [0.717, 1.165) is 5.56 Å². The molecule has 0 saturated heterocycles. The zero-order valence-electron chi connectivity index (χ0n) is 11.6. The highest BCUT2D eigenvalue weighted by Crippen LogP contribution is 2.13.